The van der Waals surface area contributed by atoms with E-state index in [-0.39, 0.29) is 32.2 Å². The number of aliphatic carboxylic acids is 1. The molecular weight excluding hydrogens is 1080 g/mol. The van der Waals surface area contributed by atoms with Crippen LogP contribution in [0.15, 0.2) is 134 Å². The predicted octanol–water partition coefficient (Wildman–Crippen LogP) is 22.1. The fourth-order valence-corrected chi connectivity index (χ4v) is 9.51. The number of hydrogen-bond donors (Lipinski definition) is 1. The summed E-state index contributed by atoms with van der Waals surface area (Å²) in [5.41, 5.74) is 0. The Morgan fingerprint density at radius 3 is 0.989 bits per heavy atom. The maximum absolute atomic E-state index is 12.9. The van der Waals surface area contributed by atoms with Gasteiger partial charge in [-0.1, -0.05) is 289 Å². The number of quaternary nitrogens is 1. The summed E-state index contributed by atoms with van der Waals surface area (Å²) in [5.74, 6) is -2.01. The third-order valence-corrected chi connectivity index (χ3v) is 14.9. The van der Waals surface area contributed by atoms with Crippen molar-refractivity contribution in [3.8, 4) is 0 Å². The van der Waals surface area contributed by atoms with E-state index in [1.165, 1.54) is 141 Å². The molecule has 0 aromatic rings. The van der Waals surface area contributed by atoms with Crippen LogP contribution in [0.5, 0.6) is 0 Å². The largest absolute Gasteiger partial charge is 0.477 e. The van der Waals surface area contributed by atoms with Gasteiger partial charge >= 0.3 is 17.9 Å². The average molecular weight is 1210 g/mol. The lowest BCUT2D eigenvalue weighted by Crippen LogP contribution is -2.40. The Morgan fingerprint density at radius 2 is 0.655 bits per heavy atom. The molecular formula is C78H132NO8+. The normalized spacial score (nSPS) is 13.5. The van der Waals surface area contributed by atoms with Crippen LogP contribution >= 0.6 is 0 Å². The van der Waals surface area contributed by atoms with Gasteiger partial charge in [-0.05, 0) is 116 Å². The molecule has 0 saturated carbocycles. The topological polar surface area (TPSA) is 108 Å². The molecule has 0 aromatic heterocycles. The van der Waals surface area contributed by atoms with Crippen LogP contribution < -0.4 is 0 Å². The third kappa shape index (κ3) is 68.8. The van der Waals surface area contributed by atoms with Crippen molar-refractivity contribution in [2.75, 3.05) is 47.5 Å². The van der Waals surface area contributed by atoms with Crippen molar-refractivity contribution in [1.29, 1.82) is 0 Å². The van der Waals surface area contributed by atoms with E-state index < -0.39 is 24.3 Å². The summed E-state index contributed by atoms with van der Waals surface area (Å²) >= 11 is 0. The Hall–Kier alpha value is -4.57. The monoisotopic (exact) mass is 1210 g/mol. The first-order valence-corrected chi connectivity index (χ1v) is 35.3. The lowest BCUT2D eigenvalue weighted by Gasteiger charge is -2.25. The van der Waals surface area contributed by atoms with E-state index in [4.69, 9.17) is 18.9 Å². The van der Waals surface area contributed by atoms with Crippen LogP contribution in [0.4, 0.5) is 0 Å². The molecule has 0 rings (SSSR count). The van der Waals surface area contributed by atoms with Gasteiger partial charge in [0, 0.05) is 12.8 Å². The number of likely N-dealkylation sites (N-methyl/N-ethyl adjacent to an activating group) is 1. The Bertz CT molecular complexity index is 1890. The summed E-state index contributed by atoms with van der Waals surface area (Å²) in [6, 6.07) is 0. The molecule has 0 aliphatic carbocycles. The first kappa shape index (κ1) is 82.4. The van der Waals surface area contributed by atoms with Gasteiger partial charge in [0.05, 0.1) is 34.4 Å². The average Bonchev–Trinajstić information content (AvgIpc) is 3.59. The molecule has 2 unspecified atom stereocenters. The summed E-state index contributed by atoms with van der Waals surface area (Å²) in [6.45, 7) is 4.77. The zero-order valence-corrected chi connectivity index (χ0v) is 56.6. The minimum absolute atomic E-state index is 0.182. The minimum Gasteiger partial charge on any atom is -0.477 e. The van der Waals surface area contributed by atoms with Crippen molar-refractivity contribution in [3.63, 3.8) is 0 Å². The third-order valence-electron chi connectivity index (χ3n) is 14.9. The van der Waals surface area contributed by atoms with Gasteiger partial charge in [0.1, 0.15) is 13.2 Å². The van der Waals surface area contributed by atoms with E-state index in [2.05, 4.69) is 148 Å². The van der Waals surface area contributed by atoms with Crippen molar-refractivity contribution < 1.29 is 42.9 Å². The SMILES string of the molecule is CC/C=C\C/C=C\C/C=C\C/C=C\C/C=C\C/C=C\C/C=C\C/C=C\C/C=C\C/C=C\CCCCCCCCCCCCC(=O)OC(COC(=O)CCCCCCCCCCC/C=C\CCCCCCCCCC)COC(OCC[N+](C)(C)C)C(=O)O. The van der Waals surface area contributed by atoms with Crippen molar-refractivity contribution in [3.05, 3.63) is 134 Å². The highest BCUT2D eigenvalue weighted by Crippen LogP contribution is 2.16. The van der Waals surface area contributed by atoms with Crippen molar-refractivity contribution in [2.45, 2.75) is 296 Å². The van der Waals surface area contributed by atoms with Gasteiger partial charge < -0.3 is 28.5 Å². The van der Waals surface area contributed by atoms with Crippen molar-refractivity contribution in [2.24, 2.45) is 0 Å². The highest BCUT2D eigenvalue weighted by atomic mass is 16.7. The number of allylic oxidation sites excluding steroid dienone is 22. The first-order valence-electron chi connectivity index (χ1n) is 35.3. The van der Waals surface area contributed by atoms with Gasteiger partial charge in [-0.3, -0.25) is 9.59 Å². The minimum atomic E-state index is -1.52. The highest BCUT2D eigenvalue weighted by Gasteiger charge is 2.25. The molecule has 0 fully saturated rings. The van der Waals surface area contributed by atoms with Crippen LogP contribution in [0.25, 0.3) is 0 Å². The second kappa shape index (κ2) is 67.4. The molecule has 9 nitrogen and oxygen atoms in total. The fraction of sp³-hybridized carbons (Fsp3) is 0.679. The number of ether oxygens (including phenoxy) is 4. The number of unbranched alkanes of at least 4 members (excludes halogenated alkanes) is 27. The second-order valence-electron chi connectivity index (χ2n) is 24.5. The van der Waals surface area contributed by atoms with Gasteiger partial charge in [0.15, 0.2) is 6.10 Å². The van der Waals surface area contributed by atoms with Crippen LogP contribution in [-0.4, -0.2) is 87.4 Å². The number of carboxylic acid groups (broad SMARTS) is 1. The predicted molar refractivity (Wildman–Crippen MR) is 373 cm³/mol. The highest BCUT2D eigenvalue weighted by molar-refractivity contribution is 5.71. The molecule has 9 heteroatoms. The smallest absolute Gasteiger partial charge is 0.361 e. The Balaban J connectivity index is 4.14. The molecule has 0 bridgehead atoms. The zero-order valence-electron chi connectivity index (χ0n) is 56.6. The van der Waals surface area contributed by atoms with Gasteiger partial charge in [-0.2, -0.15) is 0 Å². The molecule has 1 N–H and O–H groups in total. The van der Waals surface area contributed by atoms with E-state index in [1.807, 2.05) is 21.1 Å². The molecule has 0 spiro atoms. The number of esters is 2. The molecule has 2 atom stereocenters. The van der Waals surface area contributed by atoms with Crippen LogP contribution in [0.1, 0.15) is 284 Å². The van der Waals surface area contributed by atoms with Crippen molar-refractivity contribution >= 4 is 17.9 Å². The van der Waals surface area contributed by atoms with E-state index >= 15 is 0 Å². The van der Waals surface area contributed by atoms with Gasteiger partial charge in [0.25, 0.3) is 6.29 Å². The molecule has 0 radical (unpaired) electrons. The van der Waals surface area contributed by atoms with Gasteiger partial charge in [-0.25, -0.2) is 4.79 Å². The number of hydrogen-bond acceptors (Lipinski definition) is 7. The number of carbonyl (C=O) groups excluding carboxylic acids is 2. The number of carbonyl (C=O) groups is 3. The van der Waals surface area contributed by atoms with Gasteiger partial charge in [0.2, 0.25) is 0 Å². The second-order valence-corrected chi connectivity index (χ2v) is 24.5. The van der Waals surface area contributed by atoms with E-state index in [1.54, 1.807) is 0 Å². The molecule has 0 heterocycles. The summed E-state index contributed by atoms with van der Waals surface area (Å²) < 4.78 is 23.0. The lowest BCUT2D eigenvalue weighted by molar-refractivity contribution is -0.870. The van der Waals surface area contributed by atoms with Crippen molar-refractivity contribution in [1.82, 2.24) is 0 Å². The first-order chi connectivity index (χ1) is 42.6. The molecule has 0 amide bonds. The quantitative estimate of drug-likeness (QED) is 0.0211. The molecule has 0 saturated heterocycles. The lowest BCUT2D eigenvalue weighted by atomic mass is 10.0. The van der Waals surface area contributed by atoms with E-state index in [0.29, 0.717) is 23.9 Å². The molecule has 0 aliphatic heterocycles. The summed E-state index contributed by atoms with van der Waals surface area (Å²) in [5, 5.41) is 9.74. The summed E-state index contributed by atoms with van der Waals surface area (Å²) in [6.07, 6.45) is 94.2. The van der Waals surface area contributed by atoms with Gasteiger partial charge in [-0.15, -0.1) is 0 Å². The van der Waals surface area contributed by atoms with Crippen LogP contribution in [-0.2, 0) is 33.3 Å². The summed E-state index contributed by atoms with van der Waals surface area (Å²) in [7, 11) is 5.97. The zero-order chi connectivity index (χ0) is 63.3. The summed E-state index contributed by atoms with van der Waals surface area (Å²) in [4.78, 5) is 37.6. The molecule has 87 heavy (non-hydrogen) atoms. The Labute approximate surface area is 535 Å². The Kier molecular flexibility index (Phi) is 63.8. The van der Waals surface area contributed by atoms with E-state index in [0.717, 1.165) is 109 Å². The fourth-order valence-electron chi connectivity index (χ4n) is 9.51. The maximum atomic E-state index is 12.9. The molecule has 0 aromatic carbocycles. The molecule has 0 aliphatic rings. The molecule has 496 valence electrons. The van der Waals surface area contributed by atoms with Crippen LogP contribution in [0, 0.1) is 0 Å². The van der Waals surface area contributed by atoms with Crippen LogP contribution in [0.2, 0.25) is 0 Å². The van der Waals surface area contributed by atoms with E-state index in [9.17, 15) is 19.5 Å². The Morgan fingerprint density at radius 1 is 0.356 bits per heavy atom. The maximum Gasteiger partial charge on any atom is 0.361 e. The standard InChI is InChI=1S/C78H131NO8/c1-6-8-10-12-14-16-18-20-22-24-26-28-29-30-31-32-33-34-35-36-37-38-39-40-41-42-43-44-45-46-47-49-51-53-55-57-59-61-63-65-67-69-76(81)87-74(73-86-78(77(82)83)84-71-70-79(3,4)5)72-85-75(80)68-66-64-62-60-58-56-54-52-50-48-27-25-23-21-19-17-15-13-11-9-7-2/h8,10,14,16,20,22,25-28,30-31,33-34,36-37,39-40,42-43,45-46,74,78H,6-7,9,11-13,15,17-19,21,23-24,29,32,35,38,41,44,47-73H2,1-5H3/p+1/b10-8-,16-14-,22-20-,27-25-,28-26-,31-30-,34-33-,37-36-,40-39-,43-42-,46-45-. The van der Waals surface area contributed by atoms with Crippen LogP contribution in [0.3, 0.4) is 0 Å². The number of nitrogens with zero attached hydrogens (tertiary/aromatic N) is 1. The number of carboxylic acids is 1. The number of rotatable bonds is 64.